The standard InChI is InChI=1S/C20H27FN4O/c21-17-4-1-3-15(11-17)7-8-23-9-10-26-19-14-24-13-16(19)12-18-5-2-6-20(22)25-18/h1-6,11,16,19,23-24H,7-10,12-14H2,(H2,22,25)/t16-,19+/m0/s1. The first kappa shape index (κ1) is 18.8. The number of pyridine rings is 1. The summed E-state index contributed by atoms with van der Waals surface area (Å²) < 4.78 is 19.2. The van der Waals surface area contributed by atoms with Crippen LogP contribution >= 0.6 is 0 Å². The summed E-state index contributed by atoms with van der Waals surface area (Å²) in [6.45, 7) is 4.07. The second-order valence-corrected chi connectivity index (χ2v) is 6.72. The predicted molar refractivity (Wildman–Crippen MR) is 101 cm³/mol. The summed E-state index contributed by atoms with van der Waals surface area (Å²) in [7, 11) is 0. The van der Waals surface area contributed by atoms with Crippen molar-refractivity contribution >= 4 is 5.82 Å². The Kier molecular flexibility index (Phi) is 6.94. The average molecular weight is 358 g/mol. The molecule has 3 rings (SSSR count). The monoisotopic (exact) mass is 358 g/mol. The molecule has 0 spiro atoms. The molecule has 0 aliphatic carbocycles. The molecule has 2 aromatic rings. The molecule has 2 heterocycles. The molecule has 1 aliphatic rings. The van der Waals surface area contributed by atoms with E-state index in [0.717, 1.165) is 50.3 Å². The number of anilines is 1. The van der Waals surface area contributed by atoms with Gasteiger partial charge in [-0.3, -0.25) is 0 Å². The van der Waals surface area contributed by atoms with Gasteiger partial charge in [0, 0.05) is 31.2 Å². The Labute approximate surface area is 154 Å². The molecule has 0 unspecified atom stereocenters. The number of nitrogens with one attached hydrogen (secondary N) is 2. The highest BCUT2D eigenvalue weighted by molar-refractivity contribution is 5.29. The van der Waals surface area contributed by atoms with Crippen molar-refractivity contribution in [2.24, 2.45) is 5.92 Å². The predicted octanol–water partition coefficient (Wildman–Crippen LogP) is 1.78. The number of aromatic nitrogens is 1. The lowest BCUT2D eigenvalue weighted by atomic mass is 9.99. The Morgan fingerprint density at radius 3 is 2.92 bits per heavy atom. The van der Waals surface area contributed by atoms with Crippen molar-refractivity contribution in [2.45, 2.75) is 18.9 Å². The summed E-state index contributed by atoms with van der Waals surface area (Å²) in [5, 5.41) is 6.75. The summed E-state index contributed by atoms with van der Waals surface area (Å²) in [4.78, 5) is 4.38. The fourth-order valence-corrected chi connectivity index (χ4v) is 3.32. The lowest BCUT2D eigenvalue weighted by molar-refractivity contribution is 0.0397. The van der Waals surface area contributed by atoms with Crippen molar-refractivity contribution < 1.29 is 9.13 Å². The van der Waals surface area contributed by atoms with E-state index in [1.807, 2.05) is 18.2 Å². The van der Waals surface area contributed by atoms with Crippen LogP contribution in [-0.4, -0.2) is 43.9 Å². The van der Waals surface area contributed by atoms with Crippen LogP contribution in [0.5, 0.6) is 0 Å². The third-order valence-corrected chi connectivity index (χ3v) is 4.67. The fraction of sp³-hybridized carbons (Fsp3) is 0.450. The van der Waals surface area contributed by atoms with E-state index in [4.69, 9.17) is 10.5 Å². The number of nitrogens with zero attached hydrogens (tertiary/aromatic N) is 1. The molecule has 1 aromatic carbocycles. The number of hydrogen-bond acceptors (Lipinski definition) is 5. The molecule has 26 heavy (non-hydrogen) atoms. The van der Waals surface area contributed by atoms with Gasteiger partial charge in [0.05, 0.1) is 12.7 Å². The van der Waals surface area contributed by atoms with Gasteiger partial charge in [-0.1, -0.05) is 18.2 Å². The average Bonchev–Trinajstić information content (AvgIpc) is 3.05. The summed E-state index contributed by atoms with van der Waals surface area (Å²) >= 11 is 0. The van der Waals surface area contributed by atoms with Crippen LogP contribution in [0.3, 0.4) is 0 Å². The van der Waals surface area contributed by atoms with Crippen LogP contribution in [0.4, 0.5) is 10.2 Å². The molecule has 6 heteroatoms. The van der Waals surface area contributed by atoms with Crippen LogP contribution in [-0.2, 0) is 17.6 Å². The van der Waals surface area contributed by atoms with Crippen LogP contribution in [0.1, 0.15) is 11.3 Å². The minimum absolute atomic E-state index is 0.180. The first-order valence-corrected chi connectivity index (χ1v) is 9.19. The molecule has 5 nitrogen and oxygen atoms in total. The number of hydrogen-bond donors (Lipinski definition) is 3. The zero-order chi connectivity index (χ0) is 18.2. The van der Waals surface area contributed by atoms with Crippen LogP contribution < -0.4 is 16.4 Å². The first-order chi connectivity index (χ1) is 12.7. The lowest BCUT2D eigenvalue weighted by Crippen LogP contribution is -2.29. The van der Waals surface area contributed by atoms with E-state index in [1.54, 1.807) is 18.2 Å². The summed E-state index contributed by atoms with van der Waals surface area (Å²) in [6.07, 6.45) is 1.88. The van der Waals surface area contributed by atoms with Crippen molar-refractivity contribution in [3.63, 3.8) is 0 Å². The Balaban J connectivity index is 1.33. The molecule has 1 fully saturated rings. The number of nitrogens with two attached hydrogens (primary N) is 1. The minimum Gasteiger partial charge on any atom is -0.384 e. The zero-order valence-corrected chi connectivity index (χ0v) is 15.0. The number of nitrogen functional groups attached to an aromatic ring is 1. The molecular formula is C20H27FN4O. The Morgan fingerprint density at radius 1 is 1.19 bits per heavy atom. The Morgan fingerprint density at radius 2 is 2.08 bits per heavy atom. The van der Waals surface area contributed by atoms with Crippen LogP contribution in [0.2, 0.25) is 0 Å². The molecule has 0 saturated carbocycles. The normalized spacial score (nSPS) is 19.7. The maximum atomic E-state index is 13.1. The summed E-state index contributed by atoms with van der Waals surface area (Å²) in [6, 6.07) is 12.5. The summed E-state index contributed by atoms with van der Waals surface area (Å²) in [5.41, 5.74) is 7.78. The van der Waals surface area contributed by atoms with E-state index >= 15 is 0 Å². The van der Waals surface area contributed by atoms with Crippen LogP contribution in [0.25, 0.3) is 0 Å². The molecule has 140 valence electrons. The van der Waals surface area contributed by atoms with E-state index in [0.29, 0.717) is 18.3 Å². The molecule has 0 radical (unpaired) electrons. The molecule has 0 bridgehead atoms. The van der Waals surface area contributed by atoms with Gasteiger partial charge in [0.15, 0.2) is 0 Å². The van der Waals surface area contributed by atoms with Crippen molar-refractivity contribution in [1.29, 1.82) is 0 Å². The van der Waals surface area contributed by atoms with E-state index < -0.39 is 0 Å². The molecular weight excluding hydrogens is 331 g/mol. The quantitative estimate of drug-likeness (QED) is 0.596. The van der Waals surface area contributed by atoms with Crippen molar-refractivity contribution in [3.8, 4) is 0 Å². The smallest absolute Gasteiger partial charge is 0.123 e. The fourth-order valence-electron chi connectivity index (χ4n) is 3.32. The highest BCUT2D eigenvalue weighted by Gasteiger charge is 2.28. The van der Waals surface area contributed by atoms with Gasteiger partial charge in [-0.2, -0.15) is 0 Å². The molecule has 1 aliphatic heterocycles. The van der Waals surface area contributed by atoms with E-state index in [2.05, 4.69) is 15.6 Å². The number of ether oxygens (including phenoxy) is 1. The SMILES string of the molecule is Nc1cccc(C[C@H]2CNC[C@H]2OCCNCCc2cccc(F)c2)n1. The van der Waals surface area contributed by atoms with Gasteiger partial charge in [0.1, 0.15) is 11.6 Å². The topological polar surface area (TPSA) is 72.2 Å². The van der Waals surface area contributed by atoms with Gasteiger partial charge < -0.3 is 21.1 Å². The Bertz CT molecular complexity index is 697. The van der Waals surface area contributed by atoms with Crippen molar-refractivity contribution in [2.75, 3.05) is 38.5 Å². The van der Waals surface area contributed by atoms with Gasteiger partial charge in [0.2, 0.25) is 0 Å². The van der Waals surface area contributed by atoms with Gasteiger partial charge >= 0.3 is 0 Å². The molecule has 0 amide bonds. The lowest BCUT2D eigenvalue weighted by Gasteiger charge is -2.19. The highest BCUT2D eigenvalue weighted by atomic mass is 19.1. The van der Waals surface area contributed by atoms with Gasteiger partial charge in [-0.05, 0) is 49.2 Å². The maximum Gasteiger partial charge on any atom is 0.123 e. The Hall–Kier alpha value is -2.02. The second kappa shape index (κ2) is 9.62. The highest BCUT2D eigenvalue weighted by Crippen LogP contribution is 2.18. The molecule has 2 atom stereocenters. The number of rotatable bonds is 9. The number of benzene rings is 1. The van der Waals surface area contributed by atoms with Gasteiger partial charge in [0.25, 0.3) is 0 Å². The minimum atomic E-state index is -0.180. The van der Waals surface area contributed by atoms with Gasteiger partial charge in [-0.15, -0.1) is 0 Å². The molecule has 1 aromatic heterocycles. The third-order valence-electron chi connectivity index (χ3n) is 4.67. The molecule has 4 N–H and O–H groups in total. The van der Waals surface area contributed by atoms with Crippen LogP contribution in [0, 0.1) is 11.7 Å². The third kappa shape index (κ3) is 5.76. The second-order valence-electron chi connectivity index (χ2n) is 6.72. The largest absolute Gasteiger partial charge is 0.384 e. The maximum absolute atomic E-state index is 13.1. The van der Waals surface area contributed by atoms with Crippen LogP contribution in [0.15, 0.2) is 42.5 Å². The zero-order valence-electron chi connectivity index (χ0n) is 15.0. The van der Waals surface area contributed by atoms with Crippen molar-refractivity contribution in [1.82, 2.24) is 15.6 Å². The molecule has 1 saturated heterocycles. The summed E-state index contributed by atoms with van der Waals surface area (Å²) in [5.74, 6) is 0.797. The van der Waals surface area contributed by atoms with E-state index in [-0.39, 0.29) is 11.9 Å². The van der Waals surface area contributed by atoms with Crippen molar-refractivity contribution in [3.05, 3.63) is 59.5 Å². The van der Waals surface area contributed by atoms with E-state index in [9.17, 15) is 4.39 Å². The number of halogens is 1. The van der Waals surface area contributed by atoms with Gasteiger partial charge in [-0.25, -0.2) is 9.37 Å². The van der Waals surface area contributed by atoms with E-state index in [1.165, 1.54) is 6.07 Å². The first-order valence-electron chi connectivity index (χ1n) is 9.19.